The monoisotopic (exact) mass is 392 g/mol. The lowest BCUT2D eigenvalue weighted by atomic mass is 10.2. The van der Waals surface area contributed by atoms with E-state index in [-0.39, 0.29) is 12.5 Å². The van der Waals surface area contributed by atoms with Gasteiger partial charge in [-0.2, -0.15) is 10.1 Å². The number of ether oxygens (including phenoxy) is 1. The number of nitrogens with one attached hydrogen (secondary N) is 1. The molecule has 4 aromatic rings. The van der Waals surface area contributed by atoms with Gasteiger partial charge in [-0.05, 0) is 13.0 Å². The van der Waals surface area contributed by atoms with Gasteiger partial charge in [-0.1, -0.05) is 30.3 Å². The van der Waals surface area contributed by atoms with Gasteiger partial charge in [-0.3, -0.25) is 10.1 Å². The fourth-order valence-electron chi connectivity index (χ4n) is 2.49. The second-order valence-corrected chi connectivity index (χ2v) is 6.66. The SMILES string of the molecule is Cc1nc(OCC(=O)Nc2nc(-c3ccccc3)cs2)cc(-n2cccn2)n1. The van der Waals surface area contributed by atoms with Crippen LogP contribution in [0.25, 0.3) is 17.1 Å². The summed E-state index contributed by atoms with van der Waals surface area (Å²) < 4.78 is 7.12. The molecular formula is C19H16N6O2S. The average molecular weight is 392 g/mol. The second-order valence-electron chi connectivity index (χ2n) is 5.80. The molecule has 0 aliphatic carbocycles. The first kappa shape index (κ1) is 17.8. The Hall–Kier alpha value is -3.59. The van der Waals surface area contributed by atoms with Crippen LogP contribution in [0.15, 0.2) is 60.2 Å². The first-order valence-corrected chi connectivity index (χ1v) is 9.34. The third-order valence-corrected chi connectivity index (χ3v) is 4.47. The predicted molar refractivity (Wildman–Crippen MR) is 106 cm³/mol. The molecule has 1 N–H and O–H groups in total. The number of aromatic nitrogens is 5. The topological polar surface area (TPSA) is 94.8 Å². The Morgan fingerprint density at radius 1 is 1.18 bits per heavy atom. The quantitative estimate of drug-likeness (QED) is 0.542. The van der Waals surface area contributed by atoms with Crippen LogP contribution < -0.4 is 10.1 Å². The standard InChI is InChI=1S/C19H16N6O2S/c1-13-21-16(25-9-5-8-20-25)10-18(22-13)27-11-17(26)24-19-23-15(12-28-19)14-6-3-2-4-7-14/h2-10,12H,11H2,1H3,(H,23,24,26). The van der Waals surface area contributed by atoms with Gasteiger partial charge in [0.25, 0.3) is 5.91 Å². The number of anilines is 1. The fourth-order valence-corrected chi connectivity index (χ4v) is 3.22. The summed E-state index contributed by atoms with van der Waals surface area (Å²) in [5.41, 5.74) is 1.82. The van der Waals surface area contributed by atoms with Crippen molar-refractivity contribution in [2.75, 3.05) is 11.9 Å². The molecule has 0 saturated heterocycles. The smallest absolute Gasteiger partial charge is 0.264 e. The van der Waals surface area contributed by atoms with Crippen molar-refractivity contribution >= 4 is 22.4 Å². The lowest BCUT2D eigenvalue weighted by Gasteiger charge is -2.08. The van der Waals surface area contributed by atoms with Crippen LogP contribution >= 0.6 is 11.3 Å². The number of amides is 1. The third-order valence-electron chi connectivity index (χ3n) is 3.71. The van der Waals surface area contributed by atoms with Crippen LogP contribution in [0.3, 0.4) is 0 Å². The van der Waals surface area contributed by atoms with Crippen molar-refractivity contribution in [3.63, 3.8) is 0 Å². The summed E-state index contributed by atoms with van der Waals surface area (Å²) in [5, 5.41) is 9.29. The number of carbonyl (C=O) groups is 1. The van der Waals surface area contributed by atoms with E-state index >= 15 is 0 Å². The van der Waals surface area contributed by atoms with E-state index in [1.54, 1.807) is 36.1 Å². The molecule has 140 valence electrons. The maximum Gasteiger partial charge on any atom is 0.264 e. The van der Waals surface area contributed by atoms with Crippen LogP contribution in [-0.2, 0) is 4.79 Å². The van der Waals surface area contributed by atoms with Crippen molar-refractivity contribution in [3.05, 3.63) is 66.1 Å². The van der Waals surface area contributed by atoms with Crippen molar-refractivity contribution in [1.29, 1.82) is 0 Å². The Morgan fingerprint density at radius 3 is 2.82 bits per heavy atom. The fraction of sp³-hybridized carbons (Fsp3) is 0.105. The molecular weight excluding hydrogens is 376 g/mol. The molecule has 0 bridgehead atoms. The predicted octanol–water partition coefficient (Wildman–Crippen LogP) is 3.11. The summed E-state index contributed by atoms with van der Waals surface area (Å²) >= 11 is 1.36. The van der Waals surface area contributed by atoms with Crippen molar-refractivity contribution in [2.45, 2.75) is 6.92 Å². The number of carbonyl (C=O) groups excluding carboxylic acids is 1. The van der Waals surface area contributed by atoms with E-state index < -0.39 is 0 Å². The van der Waals surface area contributed by atoms with Gasteiger partial charge in [-0.25, -0.2) is 14.6 Å². The third kappa shape index (κ3) is 4.21. The highest BCUT2D eigenvalue weighted by atomic mass is 32.1. The molecule has 3 heterocycles. The maximum atomic E-state index is 12.2. The summed E-state index contributed by atoms with van der Waals surface area (Å²) in [6, 6.07) is 13.2. The first-order chi connectivity index (χ1) is 13.7. The molecule has 0 spiro atoms. The average Bonchev–Trinajstić information content (AvgIpc) is 3.39. The molecule has 3 aromatic heterocycles. The highest BCUT2D eigenvalue weighted by molar-refractivity contribution is 7.14. The highest BCUT2D eigenvalue weighted by Gasteiger charge is 2.11. The summed E-state index contributed by atoms with van der Waals surface area (Å²) in [6.45, 7) is 1.57. The molecule has 4 rings (SSSR count). The number of aryl methyl sites for hydroxylation is 1. The van der Waals surface area contributed by atoms with Crippen LogP contribution in [0.1, 0.15) is 5.82 Å². The Labute approximate surface area is 164 Å². The van der Waals surface area contributed by atoms with Gasteiger partial charge in [-0.15, -0.1) is 11.3 Å². The number of thiazole rings is 1. The molecule has 1 aromatic carbocycles. The van der Waals surface area contributed by atoms with E-state index in [1.807, 2.05) is 35.7 Å². The minimum atomic E-state index is -0.314. The molecule has 28 heavy (non-hydrogen) atoms. The number of hydrogen-bond donors (Lipinski definition) is 1. The molecule has 0 aliphatic rings. The van der Waals surface area contributed by atoms with E-state index in [1.165, 1.54) is 11.3 Å². The van der Waals surface area contributed by atoms with Crippen molar-refractivity contribution in [1.82, 2.24) is 24.7 Å². The molecule has 0 fully saturated rings. The van der Waals surface area contributed by atoms with Gasteiger partial charge >= 0.3 is 0 Å². The van der Waals surface area contributed by atoms with Gasteiger partial charge in [0.1, 0.15) is 5.82 Å². The van der Waals surface area contributed by atoms with Crippen LogP contribution in [-0.4, -0.2) is 37.2 Å². The Kier molecular flexibility index (Phi) is 5.07. The van der Waals surface area contributed by atoms with Gasteiger partial charge in [0, 0.05) is 29.4 Å². The van der Waals surface area contributed by atoms with Gasteiger partial charge in [0.15, 0.2) is 17.6 Å². The second kappa shape index (κ2) is 7.97. The zero-order valence-electron chi connectivity index (χ0n) is 14.9. The number of benzene rings is 1. The molecule has 0 atom stereocenters. The lowest BCUT2D eigenvalue weighted by molar-refractivity contribution is -0.118. The van der Waals surface area contributed by atoms with Crippen molar-refractivity contribution < 1.29 is 9.53 Å². The molecule has 0 aliphatic heterocycles. The van der Waals surface area contributed by atoms with Crippen molar-refractivity contribution in [3.8, 4) is 23.0 Å². The summed E-state index contributed by atoms with van der Waals surface area (Å²) in [6.07, 6.45) is 3.42. The lowest BCUT2D eigenvalue weighted by Crippen LogP contribution is -2.20. The summed E-state index contributed by atoms with van der Waals surface area (Å²) in [4.78, 5) is 25.1. The molecule has 1 amide bonds. The van der Waals surface area contributed by atoms with Crippen LogP contribution in [0, 0.1) is 6.92 Å². The Balaban J connectivity index is 1.38. The van der Waals surface area contributed by atoms with Gasteiger partial charge in [0.05, 0.1) is 5.69 Å². The number of nitrogens with zero attached hydrogens (tertiary/aromatic N) is 5. The Bertz CT molecular complexity index is 1080. The molecule has 8 nitrogen and oxygen atoms in total. The van der Waals surface area contributed by atoms with Gasteiger partial charge < -0.3 is 4.74 Å². The normalized spacial score (nSPS) is 10.6. The zero-order chi connectivity index (χ0) is 19.3. The van der Waals surface area contributed by atoms with Crippen LogP contribution in [0.4, 0.5) is 5.13 Å². The summed E-state index contributed by atoms with van der Waals surface area (Å²) in [5.74, 6) is 1.08. The zero-order valence-corrected chi connectivity index (χ0v) is 15.8. The molecule has 9 heteroatoms. The van der Waals surface area contributed by atoms with E-state index in [2.05, 4.69) is 25.4 Å². The first-order valence-electron chi connectivity index (χ1n) is 8.47. The Morgan fingerprint density at radius 2 is 2.04 bits per heavy atom. The van der Waals surface area contributed by atoms with E-state index in [9.17, 15) is 4.79 Å². The summed E-state index contributed by atoms with van der Waals surface area (Å²) in [7, 11) is 0. The highest BCUT2D eigenvalue weighted by Crippen LogP contribution is 2.24. The number of hydrogen-bond acceptors (Lipinski definition) is 7. The van der Waals surface area contributed by atoms with Crippen LogP contribution in [0.2, 0.25) is 0 Å². The molecule has 0 unspecified atom stereocenters. The minimum Gasteiger partial charge on any atom is -0.467 e. The maximum absolute atomic E-state index is 12.2. The number of rotatable bonds is 6. The largest absolute Gasteiger partial charge is 0.467 e. The van der Waals surface area contributed by atoms with E-state index in [0.717, 1.165) is 11.3 Å². The van der Waals surface area contributed by atoms with E-state index in [0.29, 0.717) is 22.7 Å². The minimum absolute atomic E-state index is 0.185. The van der Waals surface area contributed by atoms with Crippen molar-refractivity contribution in [2.24, 2.45) is 0 Å². The van der Waals surface area contributed by atoms with E-state index in [4.69, 9.17) is 4.74 Å². The molecule has 0 saturated carbocycles. The van der Waals surface area contributed by atoms with Gasteiger partial charge in [0.2, 0.25) is 5.88 Å². The molecule has 0 radical (unpaired) electrons. The van der Waals surface area contributed by atoms with Crippen LogP contribution in [0.5, 0.6) is 5.88 Å².